The summed E-state index contributed by atoms with van der Waals surface area (Å²) >= 11 is 0. The van der Waals surface area contributed by atoms with E-state index in [-0.39, 0.29) is 6.61 Å². The molecule has 1 aromatic rings. The van der Waals surface area contributed by atoms with Gasteiger partial charge in [0.1, 0.15) is 11.6 Å². The number of hydrogen-bond donors (Lipinski definition) is 2. The number of rotatable bonds is 6. The van der Waals surface area contributed by atoms with E-state index in [1.54, 1.807) is 6.20 Å². The van der Waals surface area contributed by atoms with Crippen molar-refractivity contribution in [2.45, 2.75) is 19.8 Å². The Kier molecular flexibility index (Phi) is 4.83. The van der Waals surface area contributed by atoms with Crippen LogP contribution in [0.5, 0.6) is 0 Å². The lowest BCUT2D eigenvalue weighted by Crippen LogP contribution is -2.28. The average Bonchev–Trinajstić information content (AvgIpc) is 2.25. The van der Waals surface area contributed by atoms with Crippen molar-refractivity contribution in [1.82, 2.24) is 9.97 Å². The van der Waals surface area contributed by atoms with Crippen LogP contribution in [0.25, 0.3) is 0 Å². The highest BCUT2D eigenvalue weighted by molar-refractivity contribution is 5.39. The van der Waals surface area contributed by atoms with Crippen LogP contribution in [0, 0.1) is 0 Å². The van der Waals surface area contributed by atoms with E-state index in [1.165, 1.54) is 6.20 Å². The first-order chi connectivity index (χ1) is 7.27. The van der Waals surface area contributed by atoms with Crippen LogP contribution in [0.4, 0.5) is 11.6 Å². The SMILES string of the molecule is CCCCN(CCO)c1cnc(N)cn1. The quantitative estimate of drug-likeness (QED) is 0.721. The fourth-order valence-electron chi connectivity index (χ4n) is 1.31. The van der Waals surface area contributed by atoms with Gasteiger partial charge in [-0.05, 0) is 6.42 Å². The molecule has 0 amide bonds. The zero-order valence-electron chi connectivity index (χ0n) is 9.06. The molecule has 1 rings (SSSR count). The molecule has 0 saturated heterocycles. The first-order valence-corrected chi connectivity index (χ1v) is 5.21. The number of aliphatic hydroxyl groups is 1. The van der Waals surface area contributed by atoms with Gasteiger partial charge in [-0.3, -0.25) is 0 Å². The highest BCUT2D eigenvalue weighted by Crippen LogP contribution is 2.10. The van der Waals surface area contributed by atoms with Gasteiger partial charge in [0.2, 0.25) is 0 Å². The number of hydrogen-bond acceptors (Lipinski definition) is 5. The van der Waals surface area contributed by atoms with E-state index >= 15 is 0 Å². The maximum absolute atomic E-state index is 8.94. The fraction of sp³-hybridized carbons (Fsp3) is 0.600. The lowest BCUT2D eigenvalue weighted by atomic mass is 10.3. The Morgan fingerprint density at radius 3 is 2.67 bits per heavy atom. The second-order valence-corrected chi connectivity index (χ2v) is 3.36. The normalized spacial score (nSPS) is 10.3. The molecule has 0 aliphatic rings. The molecule has 84 valence electrons. The van der Waals surface area contributed by atoms with Gasteiger partial charge in [0.15, 0.2) is 0 Å². The van der Waals surface area contributed by atoms with Crippen molar-refractivity contribution in [3.63, 3.8) is 0 Å². The van der Waals surface area contributed by atoms with Crippen LogP contribution in [0.3, 0.4) is 0 Å². The lowest BCUT2D eigenvalue weighted by Gasteiger charge is -2.21. The standard InChI is InChI=1S/C10H18N4O/c1-2-3-4-14(5-6-15)10-8-12-9(11)7-13-10/h7-8,15H,2-6H2,1H3,(H2,11,12). The zero-order chi connectivity index (χ0) is 11.1. The molecule has 3 N–H and O–H groups in total. The second kappa shape index (κ2) is 6.19. The molecule has 0 atom stereocenters. The summed E-state index contributed by atoms with van der Waals surface area (Å²) in [6.07, 6.45) is 5.36. The third kappa shape index (κ3) is 3.71. The minimum absolute atomic E-state index is 0.121. The van der Waals surface area contributed by atoms with Crippen molar-refractivity contribution >= 4 is 11.6 Å². The minimum Gasteiger partial charge on any atom is -0.395 e. The molecule has 0 radical (unpaired) electrons. The molecule has 0 aliphatic carbocycles. The van der Waals surface area contributed by atoms with Crippen molar-refractivity contribution in [1.29, 1.82) is 0 Å². The Morgan fingerprint density at radius 2 is 2.13 bits per heavy atom. The third-order valence-electron chi connectivity index (χ3n) is 2.13. The topological polar surface area (TPSA) is 75.3 Å². The molecule has 0 bridgehead atoms. The van der Waals surface area contributed by atoms with Gasteiger partial charge in [0.05, 0.1) is 19.0 Å². The summed E-state index contributed by atoms with van der Waals surface area (Å²) < 4.78 is 0. The van der Waals surface area contributed by atoms with Crippen LogP contribution < -0.4 is 10.6 Å². The maximum Gasteiger partial charge on any atom is 0.147 e. The highest BCUT2D eigenvalue weighted by Gasteiger charge is 2.06. The molecule has 0 aliphatic heterocycles. The van der Waals surface area contributed by atoms with Crippen molar-refractivity contribution < 1.29 is 5.11 Å². The van der Waals surface area contributed by atoms with Gasteiger partial charge >= 0.3 is 0 Å². The zero-order valence-corrected chi connectivity index (χ0v) is 9.06. The predicted octanol–water partition coefficient (Wildman–Crippen LogP) is 0.658. The summed E-state index contributed by atoms with van der Waals surface area (Å²) in [4.78, 5) is 10.2. The fourth-order valence-corrected chi connectivity index (χ4v) is 1.31. The number of anilines is 2. The van der Waals surface area contributed by atoms with Gasteiger partial charge in [-0.1, -0.05) is 13.3 Å². The van der Waals surface area contributed by atoms with Crippen LogP contribution in [-0.4, -0.2) is 34.8 Å². The second-order valence-electron chi connectivity index (χ2n) is 3.36. The van der Waals surface area contributed by atoms with Crippen LogP contribution in [0.1, 0.15) is 19.8 Å². The summed E-state index contributed by atoms with van der Waals surface area (Å²) in [5.41, 5.74) is 5.46. The van der Waals surface area contributed by atoms with Gasteiger partial charge in [-0.15, -0.1) is 0 Å². The lowest BCUT2D eigenvalue weighted by molar-refractivity contribution is 0.301. The van der Waals surface area contributed by atoms with E-state index in [0.29, 0.717) is 12.4 Å². The maximum atomic E-state index is 8.94. The number of nitrogens with zero attached hydrogens (tertiary/aromatic N) is 3. The van der Waals surface area contributed by atoms with Crippen LogP contribution in [-0.2, 0) is 0 Å². The minimum atomic E-state index is 0.121. The molecule has 0 unspecified atom stereocenters. The summed E-state index contributed by atoms with van der Waals surface area (Å²) in [5.74, 6) is 1.19. The molecule has 0 aromatic carbocycles. The van der Waals surface area contributed by atoms with E-state index in [0.717, 1.165) is 25.2 Å². The van der Waals surface area contributed by atoms with Crippen molar-refractivity contribution in [2.24, 2.45) is 0 Å². The Bertz CT molecular complexity index is 275. The molecule has 5 nitrogen and oxygen atoms in total. The Morgan fingerprint density at radius 1 is 1.33 bits per heavy atom. The van der Waals surface area contributed by atoms with Gasteiger partial charge < -0.3 is 15.7 Å². The van der Waals surface area contributed by atoms with Crippen LogP contribution in [0.15, 0.2) is 12.4 Å². The number of nitrogen functional groups attached to an aromatic ring is 1. The Labute approximate surface area is 90.0 Å². The molecular weight excluding hydrogens is 192 g/mol. The van der Waals surface area contributed by atoms with E-state index in [9.17, 15) is 0 Å². The molecule has 0 fully saturated rings. The van der Waals surface area contributed by atoms with Gasteiger partial charge in [-0.25, -0.2) is 9.97 Å². The van der Waals surface area contributed by atoms with Crippen LogP contribution in [0.2, 0.25) is 0 Å². The first-order valence-electron chi connectivity index (χ1n) is 5.21. The van der Waals surface area contributed by atoms with Gasteiger partial charge in [-0.2, -0.15) is 0 Å². The van der Waals surface area contributed by atoms with E-state index in [1.807, 2.05) is 4.90 Å². The van der Waals surface area contributed by atoms with Gasteiger partial charge in [0.25, 0.3) is 0 Å². The molecule has 0 spiro atoms. The number of aromatic nitrogens is 2. The summed E-state index contributed by atoms with van der Waals surface area (Å²) in [6.45, 7) is 3.72. The van der Waals surface area contributed by atoms with Crippen molar-refractivity contribution in [2.75, 3.05) is 30.3 Å². The number of nitrogens with two attached hydrogens (primary N) is 1. The van der Waals surface area contributed by atoms with Crippen molar-refractivity contribution in [3.8, 4) is 0 Å². The van der Waals surface area contributed by atoms with Gasteiger partial charge in [0, 0.05) is 13.1 Å². The average molecular weight is 210 g/mol. The van der Waals surface area contributed by atoms with E-state index < -0.39 is 0 Å². The molecular formula is C10H18N4O. The smallest absolute Gasteiger partial charge is 0.147 e. The molecule has 5 heteroatoms. The first kappa shape index (κ1) is 11.7. The molecule has 15 heavy (non-hydrogen) atoms. The largest absolute Gasteiger partial charge is 0.395 e. The predicted molar refractivity (Wildman–Crippen MR) is 60.7 cm³/mol. The monoisotopic (exact) mass is 210 g/mol. The summed E-state index contributed by atoms with van der Waals surface area (Å²) in [7, 11) is 0. The Balaban J connectivity index is 2.65. The Hall–Kier alpha value is -1.36. The van der Waals surface area contributed by atoms with E-state index in [2.05, 4.69) is 16.9 Å². The summed E-state index contributed by atoms with van der Waals surface area (Å²) in [6, 6.07) is 0. The molecule has 1 heterocycles. The summed E-state index contributed by atoms with van der Waals surface area (Å²) in [5, 5.41) is 8.94. The number of aliphatic hydroxyl groups excluding tert-OH is 1. The molecule has 1 aromatic heterocycles. The molecule has 0 saturated carbocycles. The highest BCUT2D eigenvalue weighted by atomic mass is 16.3. The number of unbranched alkanes of at least 4 members (excludes halogenated alkanes) is 1. The van der Waals surface area contributed by atoms with E-state index in [4.69, 9.17) is 10.8 Å². The van der Waals surface area contributed by atoms with Crippen molar-refractivity contribution in [3.05, 3.63) is 12.4 Å². The van der Waals surface area contributed by atoms with Crippen LogP contribution >= 0.6 is 0 Å². The third-order valence-corrected chi connectivity index (χ3v) is 2.13.